The summed E-state index contributed by atoms with van der Waals surface area (Å²) in [7, 11) is 0. The topological polar surface area (TPSA) is 9.23 Å². The Labute approximate surface area is 93.6 Å². The van der Waals surface area contributed by atoms with Crippen LogP contribution in [-0.4, -0.2) is 11.7 Å². The van der Waals surface area contributed by atoms with Crippen molar-refractivity contribution < 1.29 is 4.74 Å². The van der Waals surface area contributed by atoms with Gasteiger partial charge in [-0.05, 0) is 76.5 Å². The van der Waals surface area contributed by atoms with Crippen LogP contribution in [0.25, 0.3) is 0 Å². The molecule has 4 fully saturated rings. The molecule has 4 rings (SSSR count). The first-order valence-electron chi connectivity index (χ1n) is 6.69. The summed E-state index contributed by atoms with van der Waals surface area (Å²) in [6.07, 6.45) is 8.00. The zero-order valence-electron chi connectivity index (χ0n) is 10.3. The lowest BCUT2D eigenvalue weighted by molar-refractivity contribution is -0.172. The van der Waals surface area contributed by atoms with E-state index in [1.54, 1.807) is 0 Å². The van der Waals surface area contributed by atoms with Crippen LogP contribution in [-0.2, 0) is 4.74 Å². The highest BCUT2D eigenvalue weighted by atomic mass is 16.5. The third-order valence-corrected chi connectivity index (χ3v) is 4.63. The second-order valence-corrected chi connectivity index (χ2v) is 7.13. The summed E-state index contributed by atoms with van der Waals surface area (Å²) in [5, 5.41) is 0. The van der Waals surface area contributed by atoms with E-state index in [0.717, 1.165) is 23.7 Å². The third kappa shape index (κ3) is 1.84. The van der Waals surface area contributed by atoms with E-state index in [0.29, 0.717) is 6.10 Å². The number of hydrogen-bond acceptors (Lipinski definition) is 1. The first-order chi connectivity index (χ1) is 7.01. The van der Waals surface area contributed by atoms with Crippen molar-refractivity contribution in [3.05, 3.63) is 0 Å². The van der Waals surface area contributed by atoms with Gasteiger partial charge in [-0.1, -0.05) is 0 Å². The Morgan fingerprint density at radius 2 is 1.27 bits per heavy atom. The van der Waals surface area contributed by atoms with Gasteiger partial charge in [-0.25, -0.2) is 0 Å². The van der Waals surface area contributed by atoms with Gasteiger partial charge in [0.15, 0.2) is 0 Å². The molecule has 4 saturated carbocycles. The maximum atomic E-state index is 6.31. The standard InChI is InChI=1S/C14H24O/c1-14(2,3)15-13-11-5-9-4-10(7-11)8-12(13)6-9/h9-13H,4-8H2,1-3H3. The fraction of sp³-hybridized carbons (Fsp3) is 1.00. The van der Waals surface area contributed by atoms with Gasteiger partial charge in [-0.2, -0.15) is 0 Å². The monoisotopic (exact) mass is 208 g/mol. The average Bonchev–Trinajstić information content (AvgIpc) is 2.08. The molecule has 0 aromatic heterocycles. The van der Waals surface area contributed by atoms with E-state index in [9.17, 15) is 0 Å². The summed E-state index contributed by atoms with van der Waals surface area (Å²) in [6, 6.07) is 0. The van der Waals surface area contributed by atoms with Crippen molar-refractivity contribution in [1.82, 2.24) is 0 Å². The number of ether oxygens (including phenoxy) is 1. The van der Waals surface area contributed by atoms with Gasteiger partial charge in [0.05, 0.1) is 11.7 Å². The van der Waals surface area contributed by atoms with Gasteiger partial charge in [0.2, 0.25) is 0 Å². The van der Waals surface area contributed by atoms with Gasteiger partial charge in [0, 0.05) is 0 Å². The predicted molar refractivity (Wildman–Crippen MR) is 61.7 cm³/mol. The Kier molecular flexibility index (Phi) is 2.18. The second-order valence-electron chi connectivity index (χ2n) is 7.13. The highest BCUT2D eigenvalue weighted by Gasteiger charge is 2.49. The Morgan fingerprint density at radius 1 is 0.800 bits per heavy atom. The highest BCUT2D eigenvalue weighted by Crippen LogP contribution is 2.55. The minimum Gasteiger partial charge on any atom is -0.372 e. The van der Waals surface area contributed by atoms with E-state index in [1.165, 1.54) is 32.1 Å². The maximum Gasteiger partial charge on any atom is 0.0638 e. The quantitative estimate of drug-likeness (QED) is 0.639. The molecule has 0 radical (unpaired) electrons. The van der Waals surface area contributed by atoms with Gasteiger partial charge in [0.1, 0.15) is 0 Å². The van der Waals surface area contributed by atoms with Crippen LogP contribution >= 0.6 is 0 Å². The first-order valence-corrected chi connectivity index (χ1v) is 6.69. The molecule has 0 aromatic carbocycles. The van der Waals surface area contributed by atoms with E-state index < -0.39 is 0 Å². The smallest absolute Gasteiger partial charge is 0.0638 e. The van der Waals surface area contributed by atoms with E-state index in [1.807, 2.05) is 0 Å². The van der Waals surface area contributed by atoms with Gasteiger partial charge in [-0.15, -0.1) is 0 Å². The fourth-order valence-electron chi connectivity index (χ4n) is 4.48. The first kappa shape index (κ1) is 10.1. The Bertz CT molecular complexity index is 223. The molecule has 0 atom stereocenters. The largest absolute Gasteiger partial charge is 0.372 e. The molecule has 4 bridgehead atoms. The van der Waals surface area contributed by atoms with Gasteiger partial charge in [0.25, 0.3) is 0 Å². The summed E-state index contributed by atoms with van der Waals surface area (Å²) >= 11 is 0. The van der Waals surface area contributed by atoms with Gasteiger partial charge in [-0.3, -0.25) is 0 Å². The summed E-state index contributed by atoms with van der Waals surface area (Å²) in [5.74, 6) is 3.93. The molecule has 0 aromatic rings. The summed E-state index contributed by atoms with van der Waals surface area (Å²) < 4.78 is 6.31. The zero-order valence-corrected chi connectivity index (χ0v) is 10.3. The minimum atomic E-state index is 0.0556. The molecule has 0 amide bonds. The molecule has 0 saturated heterocycles. The van der Waals surface area contributed by atoms with Crippen LogP contribution < -0.4 is 0 Å². The molecule has 1 nitrogen and oxygen atoms in total. The molecule has 0 heterocycles. The predicted octanol–water partition coefficient (Wildman–Crippen LogP) is 3.63. The normalized spacial score (nSPS) is 48.6. The number of rotatable bonds is 1. The third-order valence-electron chi connectivity index (χ3n) is 4.63. The molecular formula is C14H24O. The Hall–Kier alpha value is -0.0400. The van der Waals surface area contributed by atoms with Gasteiger partial charge >= 0.3 is 0 Å². The van der Waals surface area contributed by atoms with Crippen LogP contribution in [0, 0.1) is 23.7 Å². The fourth-order valence-corrected chi connectivity index (χ4v) is 4.48. The molecule has 1 heteroatoms. The van der Waals surface area contributed by atoms with Crippen LogP contribution in [0.1, 0.15) is 52.9 Å². The summed E-state index contributed by atoms with van der Waals surface area (Å²) in [5.41, 5.74) is 0.0556. The van der Waals surface area contributed by atoms with Crippen molar-refractivity contribution >= 4 is 0 Å². The van der Waals surface area contributed by atoms with E-state index in [4.69, 9.17) is 4.74 Å². The SMILES string of the molecule is CC(C)(C)OC1C2CC3CC(C2)CC1C3. The van der Waals surface area contributed by atoms with Crippen molar-refractivity contribution in [3.63, 3.8) is 0 Å². The van der Waals surface area contributed by atoms with Crippen molar-refractivity contribution in [2.45, 2.75) is 64.6 Å². The van der Waals surface area contributed by atoms with Crippen molar-refractivity contribution in [2.75, 3.05) is 0 Å². The summed E-state index contributed by atoms with van der Waals surface area (Å²) in [6.45, 7) is 6.62. The molecule has 0 spiro atoms. The van der Waals surface area contributed by atoms with Crippen molar-refractivity contribution in [3.8, 4) is 0 Å². The molecule has 0 N–H and O–H groups in total. The summed E-state index contributed by atoms with van der Waals surface area (Å²) in [4.78, 5) is 0. The lowest BCUT2D eigenvalue weighted by Crippen LogP contribution is -2.51. The van der Waals surface area contributed by atoms with E-state index in [2.05, 4.69) is 20.8 Å². The van der Waals surface area contributed by atoms with Crippen LogP contribution in [0.3, 0.4) is 0 Å². The second kappa shape index (κ2) is 3.23. The highest BCUT2D eigenvalue weighted by molar-refractivity contribution is 4.99. The Balaban J connectivity index is 1.75. The maximum absolute atomic E-state index is 6.31. The van der Waals surface area contributed by atoms with E-state index in [-0.39, 0.29) is 5.60 Å². The van der Waals surface area contributed by atoms with Crippen LogP contribution in [0.2, 0.25) is 0 Å². The molecule has 4 aliphatic carbocycles. The lowest BCUT2D eigenvalue weighted by atomic mass is 9.55. The van der Waals surface area contributed by atoms with Crippen molar-refractivity contribution in [1.29, 1.82) is 0 Å². The molecule has 86 valence electrons. The molecule has 4 aliphatic rings. The minimum absolute atomic E-state index is 0.0556. The molecular weight excluding hydrogens is 184 g/mol. The average molecular weight is 208 g/mol. The molecule has 0 unspecified atom stereocenters. The number of hydrogen-bond donors (Lipinski definition) is 0. The van der Waals surface area contributed by atoms with E-state index >= 15 is 0 Å². The van der Waals surface area contributed by atoms with Crippen LogP contribution in [0.15, 0.2) is 0 Å². The van der Waals surface area contributed by atoms with Crippen LogP contribution in [0.5, 0.6) is 0 Å². The van der Waals surface area contributed by atoms with Crippen LogP contribution in [0.4, 0.5) is 0 Å². The Morgan fingerprint density at radius 3 is 1.67 bits per heavy atom. The van der Waals surface area contributed by atoms with Gasteiger partial charge < -0.3 is 4.74 Å². The molecule has 0 aliphatic heterocycles. The van der Waals surface area contributed by atoms with Crippen molar-refractivity contribution in [2.24, 2.45) is 23.7 Å². The lowest BCUT2D eigenvalue weighted by Gasteiger charge is -2.55. The zero-order chi connectivity index (χ0) is 10.6. The molecule has 15 heavy (non-hydrogen) atoms.